The number of hydrogen-bond acceptors (Lipinski definition) is 2. The topological polar surface area (TPSA) is 21.8 Å². The summed E-state index contributed by atoms with van der Waals surface area (Å²) in [6, 6.07) is 0. The predicted molar refractivity (Wildman–Crippen MR) is 73.8 cm³/mol. The molecule has 17 heavy (non-hydrogen) atoms. The molecule has 0 aromatic carbocycles. The van der Waals surface area contributed by atoms with Crippen molar-refractivity contribution in [1.82, 2.24) is 0 Å². The lowest BCUT2D eigenvalue weighted by molar-refractivity contribution is 0.0709. The lowest BCUT2D eigenvalue weighted by atomic mass is 9.85. The molecule has 100 valence electrons. The molecular formula is C14H28O2Si. The number of ether oxygens (including phenoxy) is 1. The second-order valence-electron chi connectivity index (χ2n) is 7.21. The van der Waals surface area contributed by atoms with Gasteiger partial charge in [-0.25, -0.2) is 0 Å². The summed E-state index contributed by atoms with van der Waals surface area (Å²) in [6.07, 6.45) is 5.66. The molecule has 0 aromatic rings. The maximum atomic E-state index is 6.61. The highest BCUT2D eigenvalue weighted by Gasteiger charge is 2.63. The average molecular weight is 256 g/mol. The fraction of sp³-hybridized carbons (Fsp3) is 1.00. The monoisotopic (exact) mass is 256 g/mol. The summed E-state index contributed by atoms with van der Waals surface area (Å²) in [7, 11) is -1.65. The summed E-state index contributed by atoms with van der Waals surface area (Å²) < 4.78 is 12.6. The van der Waals surface area contributed by atoms with E-state index >= 15 is 0 Å². The first-order valence-corrected chi connectivity index (χ1v) is 9.99. The summed E-state index contributed by atoms with van der Waals surface area (Å²) in [4.78, 5) is 0. The first-order chi connectivity index (χ1) is 7.73. The minimum absolute atomic E-state index is 0.0910. The molecule has 1 saturated heterocycles. The van der Waals surface area contributed by atoms with Gasteiger partial charge >= 0.3 is 0 Å². The van der Waals surface area contributed by atoms with Gasteiger partial charge in [-0.15, -0.1) is 0 Å². The van der Waals surface area contributed by atoms with Crippen LogP contribution >= 0.6 is 0 Å². The highest BCUT2D eigenvalue weighted by atomic mass is 28.4. The van der Waals surface area contributed by atoms with Crippen LogP contribution in [0.5, 0.6) is 0 Å². The van der Waals surface area contributed by atoms with Gasteiger partial charge in [0, 0.05) is 0 Å². The minimum Gasteiger partial charge on any atom is -0.411 e. The van der Waals surface area contributed by atoms with Crippen LogP contribution in [0.15, 0.2) is 0 Å². The van der Waals surface area contributed by atoms with Crippen molar-refractivity contribution in [2.24, 2.45) is 0 Å². The van der Waals surface area contributed by atoms with Gasteiger partial charge in [0.15, 0.2) is 8.32 Å². The van der Waals surface area contributed by atoms with Gasteiger partial charge in [-0.3, -0.25) is 0 Å². The predicted octanol–water partition coefficient (Wildman–Crippen LogP) is 4.11. The highest BCUT2D eigenvalue weighted by molar-refractivity contribution is 6.74. The van der Waals surface area contributed by atoms with Gasteiger partial charge in [0.1, 0.15) is 5.60 Å². The van der Waals surface area contributed by atoms with Crippen LogP contribution in [0.25, 0.3) is 0 Å². The first-order valence-electron chi connectivity index (χ1n) is 7.08. The van der Waals surface area contributed by atoms with Gasteiger partial charge in [0.2, 0.25) is 0 Å². The summed E-state index contributed by atoms with van der Waals surface area (Å²) in [5.41, 5.74) is 0.0910. The van der Waals surface area contributed by atoms with Crippen LogP contribution in [0.3, 0.4) is 0 Å². The third kappa shape index (κ3) is 2.22. The molecule has 0 amide bonds. The van der Waals surface area contributed by atoms with E-state index in [-0.39, 0.29) is 5.60 Å². The molecule has 1 saturated carbocycles. The summed E-state index contributed by atoms with van der Waals surface area (Å²) in [5, 5.41) is 0.295. The maximum Gasteiger partial charge on any atom is 0.192 e. The van der Waals surface area contributed by atoms with Crippen LogP contribution in [0.2, 0.25) is 18.1 Å². The normalized spacial score (nSPS) is 37.8. The Morgan fingerprint density at radius 2 is 1.94 bits per heavy atom. The lowest BCUT2D eigenvalue weighted by Crippen LogP contribution is -2.49. The standard InChI is InChI=1S/C14H28O2Si/c1-7-14-11(15-14)9-8-10-12(14)16-17(5,6)13(2,3)4/h11-12H,7-10H2,1-6H3/t11-,12+,14-/m0/s1. The van der Waals surface area contributed by atoms with Crippen LogP contribution in [-0.4, -0.2) is 26.1 Å². The van der Waals surface area contributed by atoms with Crippen LogP contribution in [-0.2, 0) is 9.16 Å². The Morgan fingerprint density at radius 3 is 2.47 bits per heavy atom. The molecule has 0 spiro atoms. The second kappa shape index (κ2) is 4.07. The maximum absolute atomic E-state index is 6.61. The lowest BCUT2D eigenvalue weighted by Gasteiger charge is -2.41. The number of hydrogen-bond donors (Lipinski definition) is 0. The van der Waals surface area contributed by atoms with E-state index in [0.29, 0.717) is 17.2 Å². The van der Waals surface area contributed by atoms with Crippen LogP contribution in [0.4, 0.5) is 0 Å². The molecule has 0 radical (unpaired) electrons. The zero-order valence-electron chi connectivity index (χ0n) is 12.3. The summed E-state index contributed by atoms with van der Waals surface area (Å²) in [6.45, 7) is 13.9. The smallest absolute Gasteiger partial charge is 0.192 e. The Bertz CT molecular complexity index is 295. The molecule has 0 aromatic heterocycles. The zero-order valence-corrected chi connectivity index (χ0v) is 13.3. The van der Waals surface area contributed by atoms with Crippen LogP contribution in [0.1, 0.15) is 53.4 Å². The third-order valence-corrected chi connectivity index (χ3v) is 9.61. The fourth-order valence-corrected chi connectivity index (χ4v) is 4.16. The van der Waals surface area contributed by atoms with Gasteiger partial charge in [-0.05, 0) is 43.8 Å². The van der Waals surface area contributed by atoms with Crippen molar-refractivity contribution >= 4 is 8.32 Å². The molecule has 0 N–H and O–H groups in total. The molecule has 1 aliphatic heterocycles. The molecule has 2 fully saturated rings. The molecule has 0 bridgehead atoms. The van der Waals surface area contributed by atoms with E-state index in [1.54, 1.807) is 0 Å². The van der Waals surface area contributed by atoms with Crippen molar-refractivity contribution in [3.63, 3.8) is 0 Å². The SMILES string of the molecule is CC[C@]12O[C@H]1CCC[C@H]2O[Si](C)(C)C(C)(C)C. The van der Waals surface area contributed by atoms with Crippen molar-refractivity contribution in [1.29, 1.82) is 0 Å². The van der Waals surface area contributed by atoms with E-state index in [0.717, 1.165) is 6.42 Å². The molecule has 1 aliphatic carbocycles. The van der Waals surface area contributed by atoms with Gasteiger partial charge in [-0.2, -0.15) is 0 Å². The van der Waals surface area contributed by atoms with Gasteiger partial charge < -0.3 is 9.16 Å². The third-order valence-electron chi connectivity index (χ3n) is 5.12. The molecular weight excluding hydrogens is 228 g/mol. The summed E-state index contributed by atoms with van der Waals surface area (Å²) in [5.74, 6) is 0. The van der Waals surface area contributed by atoms with Crippen molar-refractivity contribution in [3.8, 4) is 0 Å². The van der Waals surface area contributed by atoms with Crippen molar-refractivity contribution in [2.75, 3.05) is 0 Å². The second-order valence-corrected chi connectivity index (χ2v) is 12.0. The highest BCUT2D eigenvalue weighted by Crippen LogP contribution is 2.53. The van der Waals surface area contributed by atoms with E-state index < -0.39 is 8.32 Å². The van der Waals surface area contributed by atoms with Gasteiger partial charge in [0.05, 0.1) is 12.2 Å². The average Bonchev–Trinajstić information content (AvgIpc) is 2.91. The number of fused-ring (bicyclic) bond motifs is 1. The minimum atomic E-state index is -1.65. The molecule has 2 nitrogen and oxygen atoms in total. The molecule has 2 aliphatic rings. The largest absolute Gasteiger partial charge is 0.411 e. The molecule has 0 unspecified atom stereocenters. The van der Waals surface area contributed by atoms with Crippen molar-refractivity contribution < 1.29 is 9.16 Å². The molecule has 3 atom stereocenters. The van der Waals surface area contributed by atoms with E-state index in [9.17, 15) is 0 Å². The van der Waals surface area contributed by atoms with Crippen LogP contribution < -0.4 is 0 Å². The first kappa shape index (κ1) is 13.6. The Kier molecular flexibility index (Phi) is 3.25. The summed E-state index contributed by atoms with van der Waals surface area (Å²) >= 11 is 0. The van der Waals surface area contributed by atoms with E-state index in [1.807, 2.05) is 0 Å². The number of epoxide rings is 1. The van der Waals surface area contributed by atoms with Gasteiger partial charge in [0.25, 0.3) is 0 Å². The fourth-order valence-electron chi connectivity index (χ4n) is 2.78. The Balaban J connectivity index is 2.08. The van der Waals surface area contributed by atoms with Gasteiger partial charge in [-0.1, -0.05) is 27.7 Å². The van der Waals surface area contributed by atoms with Crippen molar-refractivity contribution in [2.45, 2.75) is 89.3 Å². The molecule has 3 heteroatoms. The molecule has 1 heterocycles. The molecule has 2 rings (SSSR count). The zero-order chi connectivity index (χ0) is 12.9. The number of rotatable bonds is 3. The Labute approximate surface area is 107 Å². The Hall–Kier alpha value is 0.137. The van der Waals surface area contributed by atoms with E-state index in [2.05, 4.69) is 40.8 Å². The quantitative estimate of drug-likeness (QED) is 0.560. The van der Waals surface area contributed by atoms with Crippen LogP contribution in [0, 0.1) is 0 Å². The van der Waals surface area contributed by atoms with E-state index in [1.165, 1.54) is 19.3 Å². The van der Waals surface area contributed by atoms with E-state index in [4.69, 9.17) is 9.16 Å². The Morgan fingerprint density at radius 1 is 1.29 bits per heavy atom. The van der Waals surface area contributed by atoms with Crippen molar-refractivity contribution in [3.05, 3.63) is 0 Å².